The number of fused-ring (bicyclic) bond motifs is 1. The normalized spacial score (nSPS) is 11.5. The van der Waals surface area contributed by atoms with Crippen molar-refractivity contribution in [2.45, 2.75) is 6.54 Å². The summed E-state index contributed by atoms with van der Waals surface area (Å²) in [7, 11) is -3.17. The zero-order valence-electron chi connectivity index (χ0n) is 17.7. The van der Waals surface area contributed by atoms with Crippen LogP contribution in [0, 0.1) is 11.6 Å². The molecule has 7 nitrogen and oxygen atoms in total. The SMILES string of the molecule is CS(=O)(=O)CCNc1nc(NCc2ccc(F)cc2)nc2ccc(-c3ccc(F)cc3)nc12. The van der Waals surface area contributed by atoms with Crippen molar-refractivity contribution in [1.29, 1.82) is 0 Å². The molecule has 0 aliphatic heterocycles. The minimum Gasteiger partial charge on any atom is -0.367 e. The highest BCUT2D eigenvalue weighted by Gasteiger charge is 2.12. The summed E-state index contributed by atoms with van der Waals surface area (Å²) in [6.45, 7) is 0.514. The van der Waals surface area contributed by atoms with Gasteiger partial charge < -0.3 is 10.6 Å². The molecule has 2 aromatic carbocycles. The summed E-state index contributed by atoms with van der Waals surface area (Å²) in [4.78, 5) is 13.6. The predicted molar refractivity (Wildman–Crippen MR) is 125 cm³/mol. The molecule has 4 aromatic rings. The molecule has 0 aliphatic carbocycles. The number of benzene rings is 2. The molecule has 0 aliphatic rings. The van der Waals surface area contributed by atoms with Crippen molar-refractivity contribution in [3.05, 3.63) is 77.9 Å². The summed E-state index contributed by atoms with van der Waals surface area (Å²) >= 11 is 0. The van der Waals surface area contributed by atoms with Crippen LogP contribution in [0.15, 0.2) is 60.7 Å². The summed E-state index contributed by atoms with van der Waals surface area (Å²) in [6.07, 6.45) is 1.16. The number of pyridine rings is 1. The largest absolute Gasteiger partial charge is 0.367 e. The van der Waals surface area contributed by atoms with Crippen LogP contribution in [0.3, 0.4) is 0 Å². The average Bonchev–Trinajstić information content (AvgIpc) is 2.78. The van der Waals surface area contributed by atoms with Crippen LogP contribution in [0.4, 0.5) is 20.5 Å². The van der Waals surface area contributed by atoms with Gasteiger partial charge in [-0.1, -0.05) is 12.1 Å². The number of nitrogens with zero attached hydrogens (tertiary/aromatic N) is 3. The Morgan fingerprint density at radius 1 is 0.818 bits per heavy atom. The summed E-state index contributed by atoms with van der Waals surface area (Å²) < 4.78 is 49.5. The molecule has 0 bridgehead atoms. The van der Waals surface area contributed by atoms with Gasteiger partial charge in [0.25, 0.3) is 0 Å². The smallest absolute Gasteiger partial charge is 0.225 e. The third-order valence-corrected chi connectivity index (χ3v) is 5.76. The lowest BCUT2D eigenvalue weighted by molar-refractivity contribution is 0.602. The molecule has 0 saturated carbocycles. The molecule has 4 rings (SSSR count). The van der Waals surface area contributed by atoms with Crippen LogP contribution in [-0.2, 0) is 16.4 Å². The maximum Gasteiger partial charge on any atom is 0.225 e. The van der Waals surface area contributed by atoms with E-state index >= 15 is 0 Å². The highest BCUT2D eigenvalue weighted by atomic mass is 32.2. The Kier molecular flexibility index (Phi) is 6.45. The van der Waals surface area contributed by atoms with E-state index in [4.69, 9.17) is 0 Å². The molecular formula is C23H21F2N5O2S. The lowest BCUT2D eigenvalue weighted by Gasteiger charge is -2.12. The van der Waals surface area contributed by atoms with Gasteiger partial charge in [0.05, 0.1) is 17.0 Å². The van der Waals surface area contributed by atoms with Crippen molar-refractivity contribution in [3.63, 3.8) is 0 Å². The van der Waals surface area contributed by atoms with Gasteiger partial charge >= 0.3 is 0 Å². The second kappa shape index (κ2) is 9.45. The summed E-state index contributed by atoms with van der Waals surface area (Å²) in [6, 6.07) is 15.6. The third-order valence-electron chi connectivity index (χ3n) is 4.81. The van der Waals surface area contributed by atoms with Gasteiger partial charge in [0.1, 0.15) is 27.0 Å². The highest BCUT2D eigenvalue weighted by Crippen LogP contribution is 2.25. The van der Waals surface area contributed by atoms with E-state index in [0.29, 0.717) is 35.0 Å². The van der Waals surface area contributed by atoms with Gasteiger partial charge in [0.15, 0.2) is 5.82 Å². The molecule has 0 saturated heterocycles. The molecule has 10 heteroatoms. The number of sulfone groups is 1. The Morgan fingerprint density at radius 2 is 1.48 bits per heavy atom. The van der Waals surface area contributed by atoms with Gasteiger partial charge in [0, 0.05) is 24.9 Å². The second-order valence-electron chi connectivity index (χ2n) is 7.50. The fourth-order valence-electron chi connectivity index (χ4n) is 3.14. The van der Waals surface area contributed by atoms with Crippen molar-refractivity contribution in [1.82, 2.24) is 15.0 Å². The molecule has 0 fully saturated rings. The van der Waals surface area contributed by atoms with Gasteiger partial charge in [-0.3, -0.25) is 0 Å². The minimum absolute atomic E-state index is 0.0749. The maximum atomic E-state index is 13.3. The molecule has 2 heterocycles. The zero-order chi connectivity index (χ0) is 23.4. The zero-order valence-corrected chi connectivity index (χ0v) is 18.5. The van der Waals surface area contributed by atoms with Crippen LogP contribution in [0.1, 0.15) is 5.56 Å². The monoisotopic (exact) mass is 469 g/mol. The Hall–Kier alpha value is -3.66. The summed E-state index contributed by atoms with van der Waals surface area (Å²) in [5, 5.41) is 6.14. The van der Waals surface area contributed by atoms with Crippen LogP contribution < -0.4 is 10.6 Å². The van der Waals surface area contributed by atoms with Crippen LogP contribution in [-0.4, -0.2) is 41.9 Å². The first kappa shape index (κ1) is 22.5. The number of nitrogens with one attached hydrogen (secondary N) is 2. The summed E-state index contributed by atoms with van der Waals surface area (Å²) in [5.74, 6) is -0.0581. The Balaban J connectivity index is 1.66. The van der Waals surface area contributed by atoms with Gasteiger partial charge in [0.2, 0.25) is 5.95 Å². The molecule has 33 heavy (non-hydrogen) atoms. The standard InChI is InChI=1S/C23H21F2N5O2S/c1-33(31,32)13-12-26-22-21-20(11-10-19(28-21)16-4-8-18(25)9-5-16)29-23(30-22)27-14-15-2-6-17(24)7-3-15/h2-11H,12-14H2,1H3,(H2,26,27,29,30). The minimum atomic E-state index is -3.17. The molecule has 0 amide bonds. The first-order valence-corrected chi connectivity index (χ1v) is 12.2. The van der Waals surface area contributed by atoms with E-state index < -0.39 is 9.84 Å². The van der Waals surface area contributed by atoms with E-state index in [2.05, 4.69) is 25.6 Å². The van der Waals surface area contributed by atoms with Crippen molar-refractivity contribution >= 4 is 32.6 Å². The molecular weight excluding hydrogens is 448 g/mol. The number of hydrogen-bond donors (Lipinski definition) is 2. The van der Waals surface area contributed by atoms with Gasteiger partial charge in [-0.05, 0) is 54.1 Å². The third kappa shape index (κ3) is 5.98. The molecule has 0 spiro atoms. The van der Waals surface area contributed by atoms with Crippen molar-refractivity contribution < 1.29 is 17.2 Å². The molecule has 2 aromatic heterocycles. The van der Waals surface area contributed by atoms with E-state index in [1.54, 1.807) is 36.4 Å². The number of aromatic nitrogens is 3. The predicted octanol–water partition coefficient (Wildman–Crippen LogP) is 4.04. The topological polar surface area (TPSA) is 96.9 Å². The van der Waals surface area contributed by atoms with Crippen LogP contribution in [0.2, 0.25) is 0 Å². The fraction of sp³-hybridized carbons (Fsp3) is 0.174. The Labute approximate surface area is 189 Å². The Bertz CT molecular complexity index is 1380. The van der Waals surface area contributed by atoms with Gasteiger partial charge in [-0.2, -0.15) is 4.98 Å². The molecule has 0 radical (unpaired) electrons. The van der Waals surface area contributed by atoms with Crippen LogP contribution in [0.5, 0.6) is 0 Å². The van der Waals surface area contributed by atoms with Gasteiger partial charge in [-0.25, -0.2) is 27.2 Å². The fourth-order valence-corrected chi connectivity index (χ4v) is 3.61. The van der Waals surface area contributed by atoms with E-state index in [-0.39, 0.29) is 23.9 Å². The maximum absolute atomic E-state index is 13.3. The summed E-state index contributed by atoms with van der Waals surface area (Å²) in [5.41, 5.74) is 3.16. The van der Waals surface area contributed by atoms with E-state index in [1.165, 1.54) is 24.3 Å². The van der Waals surface area contributed by atoms with Crippen molar-refractivity contribution in [3.8, 4) is 11.3 Å². The molecule has 2 N–H and O–H groups in total. The lowest BCUT2D eigenvalue weighted by Crippen LogP contribution is -2.16. The number of hydrogen-bond acceptors (Lipinski definition) is 7. The Morgan fingerprint density at radius 3 is 2.15 bits per heavy atom. The molecule has 0 unspecified atom stereocenters. The quantitative estimate of drug-likeness (QED) is 0.402. The van der Waals surface area contributed by atoms with Crippen molar-refractivity contribution in [2.24, 2.45) is 0 Å². The van der Waals surface area contributed by atoms with Crippen LogP contribution >= 0.6 is 0 Å². The van der Waals surface area contributed by atoms with Crippen LogP contribution in [0.25, 0.3) is 22.3 Å². The molecule has 170 valence electrons. The van der Waals surface area contributed by atoms with E-state index in [1.807, 2.05) is 0 Å². The van der Waals surface area contributed by atoms with E-state index in [0.717, 1.165) is 17.4 Å². The number of halogens is 2. The molecule has 0 atom stereocenters. The highest BCUT2D eigenvalue weighted by molar-refractivity contribution is 7.90. The first-order chi connectivity index (χ1) is 15.8. The lowest BCUT2D eigenvalue weighted by atomic mass is 10.1. The number of anilines is 2. The second-order valence-corrected chi connectivity index (χ2v) is 9.76. The van der Waals surface area contributed by atoms with E-state index in [9.17, 15) is 17.2 Å². The average molecular weight is 470 g/mol. The van der Waals surface area contributed by atoms with Gasteiger partial charge in [-0.15, -0.1) is 0 Å². The number of rotatable bonds is 8. The first-order valence-electron chi connectivity index (χ1n) is 10.1. The van der Waals surface area contributed by atoms with Crippen molar-refractivity contribution in [2.75, 3.05) is 29.2 Å².